The lowest BCUT2D eigenvalue weighted by atomic mass is 10.0. The maximum atomic E-state index is 13.1. The number of rotatable bonds is 5. The van der Waals surface area contributed by atoms with Gasteiger partial charge in [0.2, 0.25) is 15.9 Å². The highest BCUT2D eigenvalue weighted by atomic mass is 32.2. The monoisotopic (exact) mass is 458 g/mol. The minimum Gasteiger partial charge on any atom is -0.484 e. The molecule has 168 valence electrons. The molecule has 0 saturated carbocycles. The van der Waals surface area contributed by atoms with Gasteiger partial charge in [-0.15, -0.1) is 0 Å². The highest BCUT2D eigenvalue weighted by Gasteiger charge is 2.39. The Kier molecular flexibility index (Phi) is 5.31. The molecule has 5 rings (SSSR count). The van der Waals surface area contributed by atoms with E-state index in [1.54, 1.807) is 29.3 Å². The van der Waals surface area contributed by atoms with Crippen LogP contribution in [0.3, 0.4) is 0 Å². The van der Waals surface area contributed by atoms with E-state index in [0.29, 0.717) is 37.7 Å². The van der Waals surface area contributed by atoms with Crippen LogP contribution in [0.1, 0.15) is 11.6 Å². The van der Waals surface area contributed by atoms with Gasteiger partial charge < -0.3 is 19.5 Å². The molecule has 0 aliphatic carbocycles. The number of hydrogen-bond donors (Lipinski definition) is 1. The molecule has 0 bridgehead atoms. The predicted octanol–water partition coefficient (Wildman–Crippen LogP) is 0.167. The number of carbonyl (C=O) groups excluding carboxylic acids is 1. The smallest absolute Gasteiger partial charge is 0.257 e. The molecule has 0 saturated heterocycles. The van der Waals surface area contributed by atoms with Gasteiger partial charge >= 0.3 is 0 Å². The molecule has 3 aliphatic rings. The Balaban J connectivity index is 1.27. The van der Waals surface area contributed by atoms with Crippen molar-refractivity contribution in [2.24, 2.45) is 0 Å². The molecule has 5 heterocycles. The van der Waals surface area contributed by atoms with Gasteiger partial charge in [0.1, 0.15) is 24.0 Å². The summed E-state index contributed by atoms with van der Waals surface area (Å²) in [5, 5.41) is 9.76. The van der Waals surface area contributed by atoms with E-state index in [1.165, 1.54) is 16.6 Å². The first-order valence-electron chi connectivity index (χ1n) is 10.2. The lowest BCUT2D eigenvalue weighted by molar-refractivity contribution is -0.132. The van der Waals surface area contributed by atoms with Gasteiger partial charge in [0.15, 0.2) is 5.75 Å². The predicted molar refractivity (Wildman–Crippen MR) is 112 cm³/mol. The molecule has 10 nitrogen and oxygen atoms in total. The van der Waals surface area contributed by atoms with Crippen molar-refractivity contribution < 1.29 is 27.8 Å². The minimum absolute atomic E-state index is 0.0475. The van der Waals surface area contributed by atoms with Crippen molar-refractivity contribution in [1.29, 1.82) is 0 Å². The van der Waals surface area contributed by atoms with Crippen molar-refractivity contribution >= 4 is 15.9 Å². The minimum atomic E-state index is -3.78. The Labute approximate surface area is 185 Å². The summed E-state index contributed by atoms with van der Waals surface area (Å²) in [4.78, 5) is 22.9. The van der Waals surface area contributed by atoms with E-state index in [2.05, 4.69) is 9.97 Å². The summed E-state index contributed by atoms with van der Waals surface area (Å²) in [6, 6.07) is 6.68. The zero-order chi connectivity index (χ0) is 22.3. The van der Waals surface area contributed by atoms with E-state index in [9.17, 15) is 18.3 Å². The highest BCUT2D eigenvalue weighted by Crippen LogP contribution is 2.34. The first-order valence-corrected chi connectivity index (χ1v) is 11.7. The van der Waals surface area contributed by atoms with Crippen molar-refractivity contribution in [3.8, 4) is 11.6 Å². The van der Waals surface area contributed by atoms with E-state index in [0.717, 1.165) is 11.1 Å². The molecule has 0 spiro atoms. The number of fused-ring (bicyclic) bond motifs is 1. The van der Waals surface area contributed by atoms with E-state index in [1.807, 2.05) is 0 Å². The highest BCUT2D eigenvalue weighted by molar-refractivity contribution is 7.89. The van der Waals surface area contributed by atoms with Gasteiger partial charge in [0, 0.05) is 38.4 Å². The fourth-order valence-electron chi connectivity index (χ4n) is 4.18. The number of ether oxygens (including phenoxy) is 2. The topological polar surface area (TPSA) is 122 Å². The number of aliphatic hydroxyl groups excluding tert-OH is 1. The third-order valence-electron chi connectivity index (χ3n) is 5.85. The van der Waals surface area contributed by atoms with Crippen LogP contribution in [0, 0.1) is 0 Å². The molecule has 0 aromatic carbocycles. The van der Waals surface area contributed by atoms with Crippen molar-refractivity contribution in [3.05, 3.63) is 53.5 Å². The van der Waals surface area contributed by atoms with Gasteiger partial charge in [-0.05, 0) is 23.3 Å². The van der Waals surface area contributed by atoms with Crippen LogP contribution in [0.15, 0.2) is 52.7 Å². The summed E-state index contributed by atoms with van der Waals surface area (Å²) < 4.78 is 38.5. The molecule has 3 aliphatic heterocycles. The molecule has 0 radical (unpaired) electrons. The molecule has 1 N–H and O–H groups in total. The average molecular weight is 458 g/mol. The Bertz CT molecular complexity index is 1170. The van der Waals surface area contributed by atoms with Crippen molar-refractivity contribution in [3.63, 3.8) is 0 Å². The zero-order valence-electron chi connectivity index (χ0n) is 17.2. The number of sulfonamides is 1. The molecule has 2 aromatic rings. The van der Waals surface area contributed by atoms with Crippen LogP contribution < -0.4 is 9.47 Å². The molecular formula is C21H22N4O6S. The van der Waals surface area contributed by atoms with E-state index in [4.69, 9.17) is 9.47 Å². The Morgan fingerprint density at radius 3 is 2.53 bits per heavy atom. The van der Waals surface area contributed by atoms with Gasteiger partial charge in [-0.3, -0.25) is 9.78 Å². The fourth-order valence-corrected chi connectivity index (χ4v) is 5.57. The number of nitrogens with zero attached hydrogens (tertiary/aromatic N) is 4. The van der Waals surface area contributed by atoms with Gasteiger partial charge in [0.25, 0.3) is 5.88 Å². The van der Waals surface area contributed by atoms with E-state index in [-0.39, 0.29) is 36.4 Å². The summed E-state index contributed by atoms with van der Waals surface area (Å²) in [7, 11) is -3.78. The molecular weight excluding hydrogens is 436 g/mol. The normalized spacial score (nSPS) is 19.2. The lowest BCUT2D eigenvalue weighted by Crippen LogP contribution is -2.39. The standard InChI is InChI=1S/C21H22N4O6S/c26-13-17(18-3-1-2-4-22-18)21(27)24-9-14-11-25(12-15(14)10-24)32(28,29)16-7-19-20(23-8-16)31-6-5-30-19/h1-4,7-8,17,26H,5-6,9-13H2. The third kappa shape index (κ3) is 3.61. The Morgan fingerprint density at radius 1 is 1.09 bits per heavy atom. The van der Waals surface area contributed by atoms with Crippen LogP contribution in [0.5, 0.6) is 11.6 Å². The van der Waals surface area contributed by atoms with Gasteiger partial charge in [-0.2, -0.15) is 4.31 Å². The second-order valence-corrected chi connectivity index (χ2v) is 9.77. The van der Waals surface area contributed by atoms with Crippen LogP contribution >= 0.6 is 0 Å². The average Bonchev–Trinajstić information content (AvgIpc) is 3.40. The molecule has 0 fully saturated rings. The maximum absolute atomic E-state index is 13.1. The number of aromatic nitrogens is 2. The third-order valence-corrected chi connectivity index (χ3v) is 7.60. The van der Waals surface area contributed by atoms with Crippen LogP contribution in [0.25, 0.3) is 0 Å². The lowest BCUT2D eigenvalue weighted by Gasteiger charge is -2.25. The molecule has 2 aromatic heterocycles. The molecule has 1 amide bonds. The van der Waals surface area contributed by atoms with Gasteiger partial charge in [-0.1, -0.05) is 6.07 Å². The van der Waals surface area contributed by atoms with Gasteiger partial charge in [-0.25, -0.2) is 13.4 Å². The molecule has 32 heavy (non-hydrogen) atoms. The summed E-state index contributed by atoms with van der Waals surface area (Å²) in [5.74, 6) is -0.345. The van der Waals surface area contributed by atoms with Crippen molar-refractivity contribution in [2.45, 2.75) is 10.8 Å². The SMILES string of the molecule is O=C(C(CO)c1ccccn1)N1CC2=C(C1)CN(S(=O)(=O)c1cnc3c(c1)OCCO3)C2. The zero-order valence-corrected chi connectivity index (χ0v) is 18.0. The van der Waals surface area contributed by atoms with E-state index >= 15 is 0 Å². The van der Waals surface area contributed by atoms with Crippen LogP contribution in [0.4, 0.5) is 0 Å². The maximum Gasteiger partial charge on any atom is 0.257 e. The number of amides is 1. The second kappa shape index (κ2) is 8.15. The summed E-state index contributed by atoms with van der Waals surface area (Å²) in [6.45, 7) is 1.48. The summed E-state index contributed by atoms with van der Waals surface area (Å²) >= 11 is 0. The van der Waals surface area contributed by atoms with Crippen molar-refractivity contribution in [1.82, 2.24) is 19.2 Å². The summed E-state index contributed by atoms with van der Waals surface area (Å²) in [6.07, 6.45) is 2.86. The van der Waals surface area contributed by atoms with Crippen LogP contribution in [-0.4, -0.2) is 84.6 Å². The molecule has 1 atom stereocenters. The number of carbonyl (C=O) groups is 1. The fraction of sp³-hybridized carbons (Fsp3) is 0.381. The van der Waals surface area contributed by atoms with Crippen LogP contribution in [-0.2, 0) is 14.8 Å². The Morgan fingerprint density at radius 2 is 1.84 bits per heavy atom. The quantitative estimate of drug-likeness (QED) is 0.629. The van der Waals surface area contributed by atoms with Crippen molar-refractivity contribution in [2.75, 3.05) is 46.0 Å². The van der Waals surface area contributed by atoms with Crippen LogP contribution in [0.2, 0.25) is 0 Å². The van der Waals surface area contributed by atoms with E-state index < -0.39 is 15.9 Å². The second-order valence-electron chi connectivity index (χ2n) is 7.84. The van der Waals surface area contributed by atoms with Gasteiger partial charge in [0.05, 0.1) is 18.5 Å². The molecule has 1 unspecified atom stereocenters. The number of aliphatic hydroxyl groups is 1. The first kappa shape index (κ1) is 20.9. The largest absolute Gasteiger partial charge is 0.484 e. The summed E-state index contributed by atoms with van der Waals surface area (Å²) in [5.41, 5.74) is 2.33. The molecule has 11 heteroatoms. The first-order chi connectivity index (χ1) is 15.5. The number of pyridine rings is 2. The number of hydrogen-bond acceptors (Lipinski definition) is 8. The Hall–Kier alpha value is -3.02.